The van der Waals surface area contributed by atoms with E-state index in [4.69, 9.17) is 0 Å². The summed E-state index contributed by atoms with van der Waals surface area (Å²) in [6, 6.07) is 0.260. The Balaban J connectivity index is 1.67. The fourth-order valence-corrected chi connectivity index (χ4v) is 3.49. The summed E-state index contributed by atoms with van der Waals surface area (Å²) in [5, 5.41) is 3.24. The summed E-state index contributed by atoms with van der Waals surface area (Å²) in [4.78, 5) is 26.5. The normalized spacial score (nSPS) is 20.3. The van der Waals surface area contributed by atoms with Crippen molar-refractivity contribution in [2.24, 2.45) is 11.8 Å². The summed E-state index contributed by atoms with van der Waals surface area (Å²) >= 11 is 0. The van der Waals surface area contributed by atoms with Crippen LogP contribution in [-0.4, -0.2) is 35.8 Å². The molecule has 1 aliphatic carbocycles. The number of piperidine rings is 1. The molecule has 132 valence electrons. The number of rotatable bonds is 9. The minimum atomic E-state index is 0.165. The first-order chi connectivity index (χ1) is 11.2. The van der Waals surface area contributed by atoms with Gasteiger partial charge in [-0.05, 0) is 38.5 Å². The van der Waals surface area contributed by atoms with Gasteiger partial charge in [0, 0.05) is 31.0 Å². The Labute approximate surface area is 141 Å². The molecule has 1 heterocycles. The van der Waals surface area contributed by atoms with E-state index < -0.39 is 0 Å². The monoisotopic (exact) mass is 322 g/mol. The topological polar surface area (TPSA) is 49.4 Å². The molecular weight excluding hydrogens is 288 g/mol. The maximum atomic E-state index is 12.4. The van der Waals surface area contributed by atoms with Crippen LogP contribution in [0.5, 0.6) is 0 Å². The molecular formula is C19H34N2O2. The number of hydrogen-bond donors (Lipinski definition) is 1. The summed E-state index contributed by atoms with van der Waals surface area (Å²) in [7, 11) is 0. The third-order valence-electron chi connectivity index (χ3n) is 5.35. The SMILES string of the molecule is CCCCCCC(CC)C(=O)NC1CCN(C(=O)C2CC2)CC1. The number of likely N-dealkylation sites (tertiary alicyclic amines) is 1. The Morgan fingerprint density at radius 1 is 1.04 bits per heavy atom. The van der Waals surface area contributed by atoms with Crippen molar-refractivity contribution in [3.8, 4) is 0 Å². The van der Waals surface area contributed by atoms with Crippen LogP contribution < -0.4 is 5.32 Å². The molecule has 2 fully saturated rings. The molecule has 0 aromatic carbocycles. The smallest absolute Gasteiger partial charge is 0.225 e. The second-order valence-corrected chi connectivity index (χ2v) is 7.34. The highest BCUT2D eigenvalue weighted by atomic mass is 16.2. The number of carbonyl (C=O) groups is 2. The molecule has 1 aliphatic heterocycles. The molecule has 4 heteroatoms. The van der Waals surface area contributed by atoms with E-state index in [-0.39, 0.29) is 17.9 Å². The van der Waals surface area contributed by atoms with Crippen molar-refractivity contribution >= 4 is 11.8 Å². The molecule has 1 saturated heterocycles. The zero-order chi connectivity index (χ0) is 16.7. The van der Waals surface area contributed by atoms with Crippen molar-refractivity contribution in [1.82, 2.24) is 10.2 Å². The van der Waals surface area contributed by atoms with Crippen LogP contribution in [0.2, 0.25) is 0 Å². The van der Waals surface area contributed by atoms with Gasteiger partial charge in [-0.3, -0.25) is 9.59 Å². The number of nitrogens with one attached hydrogen (secondary N) is 1. The minimum absolute atomic E-state index is 0.165. The van der Waals surface area contributed by atoms with Crippen LogP contribution in [0.1, 0.15) is 78.1 Å². The third-order valence-corrected chi connectivity index (χ3v) is 5.35. The van der Waals surface area contributed by atoms with Gasteiger partial charge in [-0.1, -0.05) is 39.5 Å². The second kappa shape index (κ2) is 9.29. The summed E-state index contributed by atoms with van der Waals surface area (Å²) in [6.45, 7) is 5.95. The van der Waals surface area contributed by atoms with Crippen LogP contribution in [0.4, 0.5) is 0 Å². The zero-order valence-electron chi connectivity index (χ0n) is 15.0. The summed E-state index contributed by atoms with van der Waals surface area (Å²) in [5.74, 6) is 1.06. The molecule has 1 N–H and O–H groups in total. The van der Waals surface area contributed by atoms with Gasteiger partial charge in [0.15, 0.2) is 0 Å². The van der Waals surface area contributed by atoms with E-state index in [0.29, 0.717) is 11.8 Å². The van der Waals surface area contributed by atoms with Crippen molar-refractivity contribution in [3.05, 3.63) is 0 Å². The highest BCUT2D eigenvalue weighted by Gasteiger charge is 2.35. The van der Waals surface area contributed by atoms with E-state index in [1.807, 2.05) is 4.90 Å². The predicted octanol–water partition coefficient (Wildman–Crippen LogP) is 3.50. The standard InChI is InChI=1S/C19H34N2O2/c1-3-5-6-7-8-15(4-2)18(22)20-17-11-13-21(14-12-17)19(23)16-9-10-16/h15-17H,3-14H2,1-2H3,(H,20,22). The first kappa shape index (κ1) is 18.3. The quantitative estimate of drug-likeness (QED) is 0.661. The van der Waals surface area contributed by atoms with E-state index >= 15 is 0 Å². The molecule has 23 heavy (non-hydrogen) atoms. The molecule has 2 aliphatic rings. The van der Waals surface area contributed by atoms with E-state index in [0.717, 1.165) is 58.0 Å². The predicted molar refractivity (Wildman–Crippen MR) is 93.0 cm³/mol. The van der Waals surface area contributed by atoms with Gasteiger partial charge in [0.2, 0.25) is 11.8 Å². The number of amides is 2. The number of nitrogens with zero attached hydrogens (tertiary/aromatic N) is 1. The average molecular weight is 322 g/mol. The third kappa shape index (κ3) is 5.82. The Bertz CT molecular complexity index is 385. The molecule has 1 saturated carbocycles. The van der Waals surface area contributed by atoms with E-state index in [1.165, 1.54) is 19.3 Å². The molecule has 0 aromatic heterocycles. The molecule has 0 spiro atoms. The molecule has 2 rings (SSSR count). The lowest BCUT2D eigenvalue weighted by Crippen LogP contribution is -2.48. The molecule has 0 aromatic rings. The van der Waals surface area contributed by atoms with Gasteiger partial charge >= 0.3 is 0 Å². The molecule has 0 bridgehead atoms. The number of hydrogen-bond acceptors (Lipinski definition) is 2. The van der Waals surface area contributed by atoms with Gasteiger partial charge in [0.05, 0.1) is 0 Å². The van der Waals surface area contributed by atoms with Gasteiger partial charge in [-0.2, -0.15) is 0 Å². The molecule has 1 atom stereocenters. The maximum Gasteiger partial charge on any atom is 0.225 e. The lowest BCUT2D eigenvalue weighted by molar-refractivity contribution is -0.133. The van der Waals surface area contributed by atoms with Crippen molar-refractivity contribution < 1.29 is 9.59 Å². The highest BCUT2D eigenvalue weighted by Crippen LogP contribution is 2.31. The first-order valence-electron chi connectivity index (χ1n) is 9.74. The first-order valence-corrected chi connectivity index (χ1v) is 9.74. The fourth-order valence-electron chi connectivity index (χ4n) is 3.49. The number of carbonyl (C=O) groups excluding carboxylic acids is 2. The average Bonchev–Trinajstić information content (AvgIpc) is 3.40. The van der Waals surface area contributed by atoms with Gasteiger partial charge < -0.3 is 10.2 Å². The Kier molecular flexibility index (Phi) is 7.38. The van der Waals surface area contributed by atoms with Crippen LogP contribution in [0.3, 0.4) is 0 Å². The van der Waals surface area contributed by atoms with Crippen LogP contribution in [0, 0.1) is 11.8 Å². The van der Waals surface area contributed by atoms with Crippen LogP contribution in [0.25, 0.3) is 0 Å². The van der Waals surface area contributed by atoms with E-state index in [9.17, 15) is 9.59 Å². The summed E-state index contributed by atoms with van der Waals surface area (Å²) in [5.41, 5.74) is 0. The van der Waals surface area contributed by atoms with E-state index in [1.54, 1.807) is 0 Å². The van der Waals surface area contributed by atoms with Crippen LogP contribution in [-0.2, 0) is 9.59 Å². The highest BCUT2D eigenvalue weighted by molar-refractivity contribution is 5.81. The van der Waals surface area contributed by atoms with Crippen LogP contribution >= 0.6 is 0 Å². The van der Waals surface area contributed by atoms with Crippen molar-refractivity contribution in [2.45, 2.75) is 84.1 Å². The maximum absolute atomic E-state index is 12.4. The van der Waals surface area contributed by atoms with Crippen molar-refractivity contribution in [3.63, 3.8) is 0 Å². The second-order valence-electron chi connectivity index (χ2n) is 7.34. The minimum Gasteiger partial charge on any atom is -0.353 e. The Hall–Kier alpha value is -1.06. The lowest BCUT2D eigenvalue weighted by Gasteiger charge is -2.33. The molecule has 1 unspecified atom stereocenters. The van der Waals surface area contributed by atoms with Gasteiger partial charge in [0.1, 0.15) is 0 Å². The summed E-state index contributed by atoms with van der Waals surface area (Å²) < 4.78 is 0. The Morgan fingerprint density at radius 3 is 2.30 bits per heavy atom. The zero-order valence-corrected chi connectivity index (χ0v) is 15.0. The van der Waals surface area contributed by atoms with Crippen molar-refractivity contribution in [1.29, 1.82) is 0 Å². The van der Waals surface area contributed by atoms with Gasteiger partial charge in [0.25, 0.3) is 0 Å². The largest absolute Gasteiger partial charge is 0.353 e. The molecule has 4 nitrogen and oxygen atoms in total. The number of unbranched alkanes of at least 4 members (excludes halogenated alkanes) is 3. The fraction of sp³-hybridized carbons (Fsp3) is 0.895. The lowest BCUT2D eigenvalue weighted by atomic mass is 9.96. The van der Waals surface area contributed by atoms with Gasteiger partial charge in [-0.25, -0.2) is 0 Å². The molecule has 2 amide bonds. The van der Waals surface area contributed by atoms with Crippen LogP contribution in [0.15, 0.2) is 0 Å². The van der Waals surface area contributed by atoms with Crippen molar-refractivity contribution in [2.75, 3.05) is 13.1 Å². The summed E-state index contributed by atoms with van der Waals surface area (Å²) in [6.07, 6.45) is 10.8. The van der Waals surface area contributed by atoms with Gasteiger partial charge in [-0.15, -0.1) is 0 Å². The van der Waals surface area contributed by atoms with E-state index in [2.05, 4.69) is 19.2 Å². The Morgan fingerprint density at radius 2 is 1.74 bits per heavy atom. The molecule has 0 radical (unpaired) electrons.